The van der Waals surface area contributed by atoms with Crippen LogP contribution in [0.4, 0.5) is 5.69 Å². The quantitative estimate of drug-likeness (QED) is 0.900. The Morgan fingerprint density at radius 1 is 1.04 bits per heavy atom. The smallest absolute Gasteiger partial charge is 0.169 e. The average molecular weight is 325 g/mol. The maximum atomic E-state index is 12.3. The normalized spacial score (nSPS) is 15.1. The van der Waals surface area contributed by atoms with Gasteiger partial charge in [0, 0.05) is 23.2 Å². The zero-order valence-corrected chi connectivity index (χ0v) is 14.6. The van der Waals surface area contributed by atoms with Crippen LogP contribution in [0.15, 0.2) is 36.4 Å². The second-order valence-corrected chi connectivity index (χ2v) is 6.80. The standard InChI is InChI=1S/C20H23NO3/c1-20(2)11-14-10-15(6-7-16(14)19(20)22)21-12-13-5-8-17(23-3)18(9-13)24-4/h5-10,21H,11-12H2,1-4H3. The van der Waals surface area contributed by atoms with Gasteiger partial charge in [-0.25, -0.2) is 0 Å². The number of carbonyl (C=O) groups is 1. The number of nitrogens with one attached hydrogen (secondary N) is 1. The maximum absolute atomic E-state index is 12.3. The van der Waals surface area contributed by atoms with Gasteiger partial charge in [0.1, 0.15) is 0 Å². The van der Waals surface area contributed by atoms with E-state index in [4.69, 9.17) is 9.47 Å². The van der Waals surface area contributed by atoms with E-state index in [2.05, 4.69) is 11.4 Å². The number of hydrogen-bond donors (Lipinski definition) is 1. The van der Waals surface area contributed by atoms with Crippen LogP contribution < -0.4 is 14.8 Å². The molecular formula is C20H23NO3. The van der Waals surface area contributed by atoms with E-state index >= 15 is 0 Å². The summed E-state index contributed by atoms with van der Waals surface area (Å²) in [6.07, 6.45) is 0.799. The van der Waals surface area contributed by atoms with Crippen molar-refractivity contribution in [2.75, 3.05) is 19.5 Å². The fourth-order valence-electron chi connectivity index (χ4n) is 3.19. The van der Waals surface area contributed by atoms with E-state index in [1.54, 1.807) is 14.2 Å². The van der Waals surface area contributed by atoms with Gasteiger partial charge >= 0.3 is 0 Å². The minimum atomic E-state index is -0.287. The van der Waals surface area contributed by atoms with Crippen molar-refractivity contribution in [2.24, 2.45) is 5.41 Å². The summed E-state index contributed by atoms with van der Waals surface area (Å²) in [5.74, 6) is 1.68. The first-order chi connectivity index (χ1) is 11.4. The van der Waals surface area contributed by atoms with Crippen LogP contribution in [0.25, 0.3) is 0 Å². The second-order valence-electron chi connectivity index (χ2n) is 6.80. The Kier molecular flexibility index (Phi) is 4.22. The van der Waals surface area contributed by atoms with Crippen molar-refractivity contribution in [2.45, 2.75) is 26.8 Å². The summed E-state index contributed by atoms with van der Waals surface area (Å²) in [4.78, 5) is 12.3. The summed E-state index contributed by atoms with van der Waals surface area (Å²) in [6, 6.07) is 11.9. The predicted molar refractivity (Wildman–Crippen MR) is 95.1 cm³/mol. The van der Waals surface area contributed by atoms with E-state index in [9.17, 15) is 4.79 Å². The van der Waals surface area contributed by atoms with Crippen LogP contribution in [0.1, 0.15) is 35.3 Å². The number of anilines is 1. The molecule has 0 saturated carbocycles. The molecule has 1 aliphatic carbocycles. The van der Waals surface area contributed by atoms with Crippen LogP contribution >= 0.6 is 0 Å². The fraction of sp³-hybridized carbons (Fsp3) is 0.350. The molecule has 0 fully saturated rings. The van der Waals surface area contributed by atoms with Gasteiger partial charge in [-0.3, -0.25) is 4.79 Å². The number of ether oxygens (including phenoxy) is 2. The first kappa shape index (κ1) is 16.4. The Hall–Kier alpha value is -2.49. The Balaban J connectivity index is 1.74. The first-order valence-electron chi connectivity index (χ1n) is 8.07. The zero-order chi connectivity index (χ0) is 17.3. The van der Waals surface area contributed by atoms with Crippen molar-refractivity contribution in [3.05, 3.63) is 53.1 Å². The molecule has 0 amide bonds. The lowest BCUT2D eigenvalue weighted by molar-refractivity contribution is 0.0863. The van der Waals surface area contributed by atoms with Gasteiger partial charge in [-0.2, -0.15) is 0 Å². The molecule has 0 radical (unpaired) electrons. The summed E-state index contributed by atoms with van der Waals surface area (Å²) in [6.45, 7) is 4.69. The monoisotopic (exact) mass is 325 g/mol. The van der Waals surface area contributed by atoms with E-state index < -0.39 is 0 Å². The minimum Gasteiger partial charge on any atom is -0.493 e. The zero-order valence-electron chi connectivity index (χ0n) is 14.6. The van der Waals surface area contributed by atoms with Crippen LogP contribution in [0, 0.1) is 5.41 Å². The molecule has 0 bridgehead atoms. The number of ketones is 1. The number of rotatable bonds is 5. The van der Waals surface area contributed by atoms with Crippen molar-refractivity contribution in [3.63, 3.8) is 0 Å². The third-order valence-corrected chi connectivity index (χ3v) is 4.54. The number of carbonyl (C=O) groups excluding carboxylic acids is 1. The molecule has 0 aromatic heterocycles. The number of methoxy groups -OCH3 is 2. The third-order valence-electron chi connectivity index (χ3n) is 4.54. The maximum Gasteiger partial charge on any atom is 0.169 e. The van der Waals surface area contributed by atoms with E-state index in [0.29, 0.717) is 6.54 Å². The van der Waals surface area contributed by atoms with Gasteiger partial charge < -0.3 is 14.8 Å². The highest BCUT2D eigenvalue weighted by atomic mass is 16.5. The Morgan fingerprint density at radius 3 is 2.50 bits per heavy atom. The molecule has 4 nitrogen and oxygen atoms in total. The van der Waals surface area contributed by atoms with E-state index in [1.807, 2.05) is 44.2 Å². The van der Waals surface area contributed by atoms with Crippen LogP contribution in [0.2, 0.25) is 0 Å². The molecule has 1 aliphatic rings. The van der Waals surface area contributed by atoms with Gasteiger partial charge in [-0.1, -0.05) is 19.9 Å². The van der Waals surface area contributed by atoms with E-state index in [-0.39, 0.29) is 11.2 Å². The molecule has 4 heteroatoms. The third kappa shape index (κ3) is 2.96. The molecule has 1 N–H and O–H groups in total. The van der Waals surface area contributed by atoms with Gasteiger partial charge in [0.05, 0.1) is 14.2 Å². The van der Waals surface area contributed by atoms with Gasteiger partial charge in [0.15, 0.2) is 17.3 Å². The first-order valence-corrected chi connectivity index (χ1v) is 8.07. The molecule has 0 spiro atoms. The number of benzene rings is 2. The molecule has 24 heavy (non-hydrogen) atoms. The summed E-state index contributed by atoms with van der Waals surface area (Å²) in [7, 11) is 3.26. The van der Waals surface area contributed by atoms with Gasteiger partial charge in [0.25, 0.3) is 0 Å². The Labute approximate surface area is 142 Å². The largest absolute Gasteiger partial charge is 0.493 e. The number of Topliss-reactive ketones (excluding diaryl/α,β-unsaturated/α-hetero) is 1. The molecule has 0 atom stereocenters. The fourth-order valence-corrected chi connectivity index (χ4v) is 3.19. The predicted octanol–water partition coefficient (Wildman–Crippen LogP) is 4.08. The SMILES string of the molecule is COc1ccc(CNc2ccc3c(c2)CC(C)(C)C3=O)cc1OC. The summed E-state index contributed by atoms with van der Waals surface area (Å²) < 4.78 is 10.6. The van der Waals surface area contributed by atoms with Gasteiger partial charge in [-0.15, -0.1) is 0 Å². The molecule has 2 aromatic carbocycles. The van der Waals surface area contributed by atoms with E-state index in [0.717, 1.165) is 40.3 Å². The number of hydrogen-bond acceptors (Lipinski definition) is 4. The van der Waals surface area contributed by atoms with Crippen LogP contribution in [-0.4, -0.2) is 20.0 Å². The van der Waals surface area contributed by atoms with Crippen molar-refractivity contribution in [1.82, 2.24) is 0 Å². The molecule has 2 aromatic rings. The van der Waals surface area contributed by atoms with Crippen molar-refractivity contribution < 1.29 is 14.3 Å². The molecule has 126 valence electrons. The van der Waals surface area contributed by atoms with E-state index in [1.165, 1.54) is 0 Å². The molecular weight excluding hydrogens is 302 g/mol. The molecule has 0 saturated heterocycles. The van der Waals surface area contributed by atoms with Crippen molar-refractivity contribution in [3.8, 4) is 11.5 Å². The van der Waals surface area contributed by atoms with Crippen LogP contribution in [-0.2, 0) is 13.0 Å². The lowest BCUT2D eigenvalue weighted by atomic mass is 9.89. The molecule has 3 rings (SSSR count). The van der Waals surface area contributed by atoms with Crippen molar-refractivity contribution in [1.29, 1.82) is 0 Å². The van der Waals surface area contributed by atoms with Crippen molar-refractivity contribution >= 4 is 11.5 Å². The molecule has 0 heterocycles. The lowest BCUT2D eigenvalue weighted by Gasteiger charge is -2.13. The Bertz CT molecular complexity index is 780. The summed E-state index contributed by atoms with van der Waals surface area (Å²) in [5.41, 5.74) is 3.82. The molecule has 0 aliphatic heterocycles. The highest BCUT2D eigenvalue weighted by Crippen LogP contribution is 2.37. The number of fused-ring (bicyclic) bond motifs is 1. The summed E-state index contributed by atoms with van der Waals surface area (Å²) >= 11 is 0. The average Bonchev–Trinajstić information content (AvgIpc) is 2.81. The summed E-state index contributed by atoms with van der Waals surface area (Å²) in [5, 5.41) is 3.41. The van der Waals surface area contributed by atoms with Gasteiger partial charge in [-0.05, 0) is 47.9 Å². The topological polar surface area (TPSA) is 47.6 Å². The minimum absolute atomic E-state index is 0.240. The highest BCUT2D eigenvalue weighted by Gasteiger charge is 2.37. The van der Waals surface area contributed by atoms with Gasteiger partial charge in [0.2, 0.25) is 0 Å². The lowest BCUT2D eigenvalue weighted by Crippen LogP contribution is -2.18. The van der Waals surface area contributed by atoms with Crippen LogP contribution in [0.5, 0.6) is 11.5 Å². The highest BCUT2D eigenvalue weighted by molar-refractivity contribution is 6.04. The molecule has 0 unspecified atom stereocenters. The van der Waals surface area contributed by atoms with Crippen LogP contribution in [0.3, 0.4) is 0 Å². The second kappa shape index (κ2) is 6.19. The Morgan fingerprint density at radius 2 is 1.79 bits per heavy atom.